The van der Waals surface area contributed by atoms with Crippen LogP contribution in [0.25, 0.3) is 10.4 Å². The fourth-order valence-electron chi connectivity index (χ4n) is 1.59. The fraction of sp³-hybridized carbons (Fsp3) is 0.231. The molecule has 0 spiro atoms. The molecule has 2 rings (SSSR count). The number of aromatic carboxylic acids is 1. The third-order valence-corrected chi connectivity index (χ3v) is 4.74. The van der Waals surface area contributed by atoms with Crippen molar-refractivity contribution in [2.24, 2.45) is 0 Å². The molecule has 2 aromatic rings. The minimum absolute atomic E-state index is 0.0258. The number of halogens is 2. The summed E-state index contributed by atoms with van der Waals surface area (Å²) in [5.74, 6) is -0.899. The Labute approximate surface area is 124 Å². The van der Waals surface area contributed by atoms with Crippen molar-refractivity contribution in [1.29, 1.82) is 0 Å². The molecule has 0 bridgehead atoms. The molecule has 1 heterocycles. The van der Waals surface area contributed by atoms with Crippen molar-refractivity contribution in [2.45, 2.75) is 19.8 Å². The molecule has 0 aliphatic heterocycles. The van der Waals surface area contributed by atoms with Crippen molar-refractivity contribution in [1.82, 2.24) is 4.98 Å². The maximum Gasteiger partial charge on any atom is 0.356 e. The molecular weight excluding hydrogens is 305 g/mol. The van der Waals surface area contributed by atoms with Crippen LogP contribution in [-0.2, 0) is 0 Å². The van der Waals surface area contributed by atoms with Gasteiger partial charge in [-0.05, 0) is 6.07 Å². The van der Waals surface area contributed by atoms with Crippen LogP contribution < -0.4 is 0 Å². The highest BCUT2D eigenvalue weighted by molar-refractivity contribution is 7.15. The highest BCUT2D eigenvalue weighted by Gasteiger charge is 2.22. The van der Waals surface area contributed by atoms with Crippen LogP contribution in [0.2, 0.25) is 10.0 Å². The lowest BCUT2D eigenvalue weighted by molar-refractivity contribution is 0.0692. The number of carboxylic acids is 1. The maximum atomic E-state index is 11.3. The average Bonchev–Trinajstić information content (AvgIpc) is 2.77. The average molecular weight is 316 g/mol. The number of thiazole rings is 1. The summed E-state index contributed by atoms with van der Waals surface area (Å²) in [7, 11) is 0. The molecule has 0 saturated heterocycles. The van der Waals surface area contributed by atoms with E-state index in [2.05, 4.69) is 4.98 Å². The number of carboxylic acid groups (broad SMARTS) is 1. The van der Waals surface area contributed by atoms with Crippen LogP contribution in [0.4, 0.5) is 0 Å². The highest BCUT2D eigenvalue weighted by Crippen LogP contribution is 2.39. The Bertz CT molecular complexity index is 638. The van der Waals surface area contributed by atoms with E-state index >= 15 is 0 Å². The number of carbonyl (C=O) groups is 1. The second-order valence-electron chi connectivity index (χ2n) is 4.29. The van der Waals surface area contributed by atoms with Gasteiger partial charge in [-0.25, -0.2) is 9.78 Å². The normalized spacial score (nSPS) is 11.0. The molecule has 1 N–H and O–H groups in total. The number of hydrogen-bond acceptors (Lipinski definition) is 3. The monoisotopic (exact) mass is 315 g/mol. The van der Waals surface area contributed by atoms with E-state index in [1.807, 2.05) is 13.8 Å². The lowest BCUT2D eigenvalue weighted by Crippen LogP contribution is -1.99. The third kappa shape index (κ3) is 2.76. The molecule has 0 aliphatic carbocycles. The zero-order chi connectivity index (χ0) is 14.2. The van der Waals surface area contributed by atoms with Gasteiger partial charge in [-0.2, -0.15) is 0 Å². The third-order valence-electron chi connectivity index (χ3n) is 2.54. The van der Waals surface area contributed by atoms with Crippen molar-refractivity contribution < 1.29 is 9.90 Å². The first-order valence-electron chi connectivity index (χ1n) is 5.60. The lowest BCUT2D eigenvalue weighted by Gasteiger charge is -2.03. The molecule has 3 nitrogen and oxygen atoms in total. The Morgan fingerprint density at radius 3 is 2.63 bits per heavy atom. The summed E-state index contributed by atoms with van der Waals surface area (Å²) in [6.07, 6.45) is 0. The molecule has 0 amide bonds. The smallest absolute Gasteiger partial charge is 0.356 e. The molecule has 0 saturated carbocycles. The Balaban J connectivity index is 2.67. The molecular formula is C13H11Cl2NO2S. The summed E-state index contributed by atoms with van der Waals surface area (Å²) in [6.45, 7) is 3.93. The predicted molar refractivity (Wildman–Crippen MR) is 78.6 cm³/mol. The number of aromatic nitrogens is 1. The second kappa shape index (κ2) is 5.49. The Morgan fingerprint density at radius 2 is 2.05 bits per heavy atom. The van der Waals surface area contributed by atoms with Gasteiger partial charge in [0.05, 0.1) is 19.9 Å². The minimum Gasteiger partial charge on any atom is -0.476 e. The van der Waals surface area contributed by atoms with Crippen molar-refractivity contribution in [2.75, 3.05) is 0 Å². The van der Waals surface area contributed by atoms with Crippen LogP contribution in [0.3, 0.4) is 0 Å². The van der Waals surface area contributed by atoms with Gasteiger partial charge in [-0.1, -0.05) is 49.2 Å². The number of hydrogen-bond donors (Lipinski definition) is 1. The quantitative estimate of drug-likeness (QED) is 0.872. The van der Waals surface area contributed by atoms with Gasteiger partial charge in [0, 0.05) is 11.5 Å². The van der Waals surface area contributed by atoms with E-state index in [0.717, 1.165) is 5.01 Å². The molecule has 1 aromatic heterocycles. The van der Waals surface area contributed by atoms with Crippen LogP contribution in [0, 0.1) is 0 Å². The van der Waals surface area contributed by atoms with E-state index in [1.54, 1.807) is 18.2 Å². The Hall–Kier alpha value is -1.10. The van der Waals surface area contributed by atoms with Crippen LogP contribution in [0.1, 0.15) is 35.3 Å². The molecule has 0 unspecified atom stereocenters. The summed E-state index contributed by atoms with van der Waals surface area (Å²) in [6, 6.07) is 5.15. The first-order valence-corrected chi connectivity index (χ1v) is 7.17. The molecule has 6 heteroatoms. The van der Waals surface area contributed by atoms with Gasteiger partial charge in [0.2, 0.25) is 0 Å². The molecule has 0 radical (unpaired) electrons. The summed E-state index contributed by atoms with van der Waals surface area (Å²) in [5, 5.41) is 10.8. The molecule has 100 valence electrons. The minimum atomic E-state index is -1.06. The van der Waals surface area contributed by atoms with E-state index in [4.69, 9.17) is 23.2 Å². The fourth-order valence-corrected chi connectivity index (χ4v) is 3.13. The Kier molecular flexibility index (Phi) is 4.13. The largest absolute Gasteiger partial charge is 0.476 e. The Morgan fingerprint density at radius 1 is 1.37 bits per heavy atom. The summed E-state index contributed by atoms with van der Waals surface area (Å²) in [4.78, 5) is 16.0. The first-order chi connectivity index (χ1) is 8.91. The summed E-state index contributed by atoms with van der Waals surface area (Å²) < 4.78 is 0. The van der Waals surface area contributed by atoms with Gasteiger partial charge in [0.15, 0.2) is 5.69 Å². The van der Waals surface area contributed by atoms with Crippen LogP contribution in [0.15, 0.2) is 18.2 Å². The van der Waals surface area contributed by atoms with Gasteiger partial charge in [-0.15, -0.1) is 11.3 Å². The van der Waals surface area contributed by atoms with Crippen LogP contribution in [0.5, 0.6) is 0 Å². The molecule has 19 heavy (non-hydrogen) atoms. The van der Waals surface area contributed by atoms with Crippen molar-refractivity contribution in [3.05, 3.63) is 38.9 Å². The summed E-state index contributed by atoms with van der Waals surface area (Å²) >= 11 is 13.5. The molecule has 0 fully saturated rings. The van der Waals surface area contributed by atoms with E-state index < -0.39 is 5.97 Å². The zero-order valence-electron chi connectivity index (χ0n) is 10.3. The first kappa shape index (κ1) is 14.3. The van der Waals surface area contributed by atoms with Gasteiger partial charge in [0.1, 0.15) is 0 Å². The van der Waals surface area contributed by atoms with Gasteiger partial charge >= 0.3 is 5.97 Å². The van der Waals surface area contributed by atoms with E-state index in [1.165, 1.54) is 11.3 Å². The van der Waals surface area contributed by atoms with E-state index in [0.29, 0.717) is 20.5 Å². The lowest BCUT2D eigenvalue weighted by atomic mass is 10.1. The number of benzene rings is 1. The highest BCUT2D eigenvalue weighted by atomic mass is 35.5. The van der Waals surface area contributed by atoms with Crippen molar-refractivity contribution >= 4 is 40.5 Å². The zero-order valence-corrected chi connectivity index (χ0v) is 12.6. The number of nitrogens with zero attached hydrogens (tertiary/aromatic N) is 1. The molecule has 0 aliphatic rings. The molecule has 1 aromatic carbocycles. The van der Waals surface area contributed by atoms with Gasteiger partial charge in [-0.3, -0.25) is 0 Å². The topological polar surface area (TPSA) is 50.2 Å². The SMILES string of the molecule is CC(C)c1nc(C(=O)O)c(-c2cccc(Cl)c2Cl)s1. The molecule has 0 atom stereocenters. The van der Waals surface area contributed by atoms with Gasteiger partial charge in [0.25, 0.3) is 0 Å². The van der Waals surface area contributed by atoms with Crippen LogP contribution >= 0.6 is 34.5 Å². The van der Waals surface area contributed by atoms with Crippen LogP contribution in [-0.4, -0.2) is 16.1 Å². The predicted octanol–water partition coefficient (Wildman–Crippen LogP) is 4.94. The van der Waals surface area contributed by atoms with Crippen molar-refractivity contribution in [3.63, 3.8) is 0 Å². The summed E-state index contributed by atoms with van der Waals surface area (Å²) in [5.41, 5.74) is 0.633. The standard InChI is InChI=1S/C13H11Cl2NO2S/c1-6(2)12-16-10(13(17)18)11(19-12)7-4-3-5-8(14)9(7)15/h3-6H,1-2H3,(H,17,18). The van der Waals surface area contributed by atoms with Crippen molar-refractivity contribution in [3.8, 4) is 10.4 Å². The number of rotatable bonds is 3. The van der Waals surface area contributed by atoms with E-state index in [9.17, 15) is 9.90 Å². The van der Waals surface area contributed by atoms with Gasteiger partial charge < -0.3 is 5.11 Å². The van der Waals surface area contributed by atoms with E-state index in [-0.39, 0.29) is 11.6 Å². The maximum absolute atomic E-state index is 11.3. The second-order valence-corrected chi connectivity index (χ2v) is 6.11.